The second-order valence-electron chi connectivity index (χ2n) is 3.58. The first kappa shape index (κ1) is 10.4. The summed E-state index contributed by atoms with van der Waals surface area (Å²) in [6.07, 6.45) is 5.14. The van der Waals surface area contributed by atoms with Crippen molar-refractivity contribution in [2.75, 3.05) is 5.73 Å². The van der Waals surface area contributed by atoms with E-state index in [-0.39, 0.29) is 0 Å². The van der Waals surface area contributed by atoms with Gasteiger partial charge in [-0.3, -0.25) is 9.97 Å². The molecule has 2 aromatic heterocycles. The standard InChI is InChI=1S/C13H13N3/c1-3-10-7-11(14)8-16-13(10)12-9(2)5-4-6-15-12/h3-8H,1,14H2,2H3. The van der Waals surface area contributed by atoms with Crippen molar-refractivity contribution in [1.82, 2.24) is 9.97 Å². The number of nitrogen functional groups attached to an aromatic ring is 1. The van der Waals surface area contributed by atoms with Crippen LogP contribution in [0, 0.1) is 6.92 Å². The van der Waals surface area contributed by atoms with Gasteiger partial charge in [0.15, 0.2) is 0 Å². The Labute approximate surface area is 94.7 Å². The number of aryl methyl sites for hydroxylation is 1. The van der Waals surface area contributed by atoms with Crippen molar-refractivity contribution >= 4 is 11.8 Å². The summed E-state index contributed by atoms with van der Waals surface area (Å²) in [5, 5.41) is 0. The van der Waals surface area contributed by atoms with Crippen molar-refractivity contribution in [1.29, 1.82) is 0 Å². The molecule has 3 nitrogen and oxygen atoms in total. The molecule has 0 spiro atoms. The highest BCUT2D eigenvalue weighted by molar-refractivity contribution is 5.72. The summed E-state index contributed by atoms with van der Waals surface area (Å²) in [6.45, 7) is 5.77. The SMILES string of the molecule is C=Cc1cc(N)cnc1-c1ncccc1C. The van der Waals surface area contributed by atoms with E-state index in [1.807, 2.05) is 25.1 Å². The Hall–Kier alpha value is -2.16. The fraction of sp³-hybridized carbons (Fsp3) is 0.0769. The van der Waals surface area contributed by atoms with Gasteiger partial charge in [0.25, 0.3) is 0 Å². The van der Waals surface area contributed by atoms with Crippen molar-refractivity contribution in [3.8, 4) is 11.4 Å². The van der Waals surface area contributed by atoms with Crippen molar-refractivity contribution < 1.29 is 0 Å². The predicted molar refractivity (Wildman–Crippen MR) is 66.7 cm³/mol. The molecule has 0 atom stereocenters. The Balaban J connectivity index is 2.65. The number of nitrogens with two attached hydrogens (primary N) is 1. The lowest BCUT2D eigenvalue weighted by atomic mass is 10.1. The van der Waals surface area contributed by atoms with Gasteiger partial charge in [0.1, 0.15) is 0 Å². The highest BCUT2D eigenvalue weighted by Crippen LogP contribution is 2.24. The van der Waals surface area contributed by atoms with Gasteiger partial charge in [-0.05, 0) is 24.6 Å². The molecular weight excluding hydrogens is 198 g/mol. The van der Waals surface area contributed by atoms with Gasteiger partial charge in [-0.25, -0.2) is 0 Å². The average Bonchev–Trinajstić information content (AvgIpc) is 2.30. The quantitative estimate of drug-likeness (QED) is 0.830. The summed E-state index contributed by atoms with van der Waals surface area (Å²) in [6, 6.07) is 5.76. The third-order valence-electron chi connectivity index (χ3n) is 2.39. The van der Waals surface area contributed by atoms with E-state index in [1.54, 1.807) is 18.5 Å². The minimum atomic E-state index is 0.632. The van der Waals surface area contributed by atoms with Gasteiger partial charge in [-0.2, -0.15) is 0 Å². The van der Waals surface area contributed by atoms with Crippen LogP contribution in [0.15, 0.2) is 37.2 Å². The Morgan fingerprint density at radius 2 is 2.12 bits per heavy atom. The molecule has 2 heterocycles. The van der Waals surface area contributed by atoms with Crippen LogP contribution in [0.25, 0.3) is 17.5 Å². The molecule has 0 amide bonds. The molecule has 0 bridgehead atoms. The fourth-order valence-electron chi connectivity index (χ4n) is 1.59. The average molecular weight is 211 g/mol. The second-order valence-corrected chi connectivity index (χ2v) is 3.58. The van der Waals surface area contributed by atoms with E-state index in [4.69, 9.17) is 5.73 Å². The van der Waals surface area contributed by atoms with Gasteiger partial charge in [0.2, 0.25) is 0 Å². The fourth-order valence-corrected chi connectivity index (χ4v) is 1.59. The maximum Gasteiger partial charge on any atom is 0.0962 e. The van der Waals surface area contributed by atoms with Crippen molar-refractivity contribution in [2.45, 2.75) is 6.92 Å². The van der Waals surface area contributed by atoms with Crippen LogP contribution in [0.4, 0.5) is 5.69 Å². The summed E-state index contributed by atoms with van der Waals surface area (Å²) in [7, 11) is 0. The number of aromatic nitrogens is 2. The lowest BCUT2D eigenvalue weighted by Crippen LogP contribution is -1.96. The van der Waals surface area contributed by atoms with Crippen molar-refractivity contribution in [3.63, 3.8) is 0 Å². The number of pyridine rings is 2. The van der Waals surface area contributed by atoms with Gasteiger partial charge in [-0.1, -0.05) is 18.7 Å². The Morgan fingerprint density at radius 1 is 1.31 bits per heavy atom. The first-order valence-electron chi connectivity index (χ1n) is 5.02. The van der Waals surface area contributed by atoms with E-state index in [2.05, 4.69) is 16.5 Å². The summed E-state index contributed by atoms with van der Waals surface area (Å²) >= 11 is 0. The van der Waals surface area contributed by atoms with Crippen LogP contribution in [-0.4, -0.2) is 9.97 Å². The topological polar surface area (TPSA) is 51.8 Å². The monoisotopic (exact) mass is 211 g/mol. The van der Waals surface area contributed by atoms with Crippen molar-refractivity contribution in [2.24, 2.45) is 0 Å². The van der Waals surface area contributed by atoms with E-state index in [0.29, 0.717) is 5.69 Å². The summed E-state index contributed by atoms with van der Waals surface area (Å²) in [5.41, 5.74) is 10.0. The van der Waals surface area contributed by atoms with Crippen LogP contribution in [0.2, 0.25) is 0 Å². The van der Waals surface area contributed by atoms with E-state index in [1.165, 1.54) is 0 Å². The Morgan fingerprint density at radius 3 is 2.81 bits per heavy atom. The molecular formula is C13H13N3. The molecule has 16 heavy (non-hydrogen) atoms. The normalized spacial score (nSPS) is 10.1. The Kier molecular flexibility index (Phi) is 2.68. The molecule has 0 aromatic carbocycles. The highest BCUT2D eigenvalue weighted by Gasteiger charge is 2.08. The van der Waals surface area contributed by atoms with Crippen LogP contribution >= 0.6 is 0 Å². The van der Waals surface area contributed by atoms with E-state index < -0.39 is 0 Å². The molecule has 0 aliphatic heterocycles. The molecule has 2 N–H and O–H groups in total. The zero-order chi connectivity index (χ0) is 11.5. The number of nitrogens with zero attached hydrogens (tertiary/aromatic N) is 2. The molecule has 2 aromatic rings. The maximum atomic E-state index is 5.69. The first-order chi connectivity index (χ1) is 7.72. The lowest BCUT2D eigenvalue weighted by Gasteiger charge is -2.07. The van der Waals surface area contributed by atoms with Gasteiger partial charge >= 0.3 is 0 Å². The van der Waals surface area contributed by atoms with Crippen LogP contribution < -0.4 is 5.73 Å². The molecule has 80 valence electrons. The third kappa shape index (κ3) is 1.80. The molecule has 0 aliphatic carbocycles. The van der Waals surface area contributed by atoms with Crippen LogP contribution in [0.3, 0.4) is 0 Å². The smallest absolute Gasteiger partial charge is 0.0962 e. The zero-order valence-electron chi connectivity index (χ0n) is 9.14. The maximum absolute atomic E-state index is 5.69. The van der Waals surface area contributed by atoms with Gasteiger partial charge < -0.3 is 5.73 Å². The molecule has 0 fully saturated rings. The molecule has 0 unspecified atom stereocenters. The van der Waals surface area contributed by atoms with Gasteiger partial charge in [0, 0.05) is 11.8 Å². The summed E-state index contributed by atoms with van der Waals surface area (Å²) < 4.78 is 0. The zero-order valence-corrected chi connectivity index (χ0v) is 9.14. The predicted octanol–water partition coefficient (Wildman–Crippen LogP) is 2.68. The molecule has 3 heteroatoms. The second kappa shape index (κ2) is 4.14. The minimum Gasteiger partial charge on any atom is -0.397 e. The van der Waals surface area contributed by atoms with Gasteiger partial charge in [0.05, 0.1) is 23.3 Å². The first-order valence-corrected chi connectivity index (χ1v) is 5.02. The van der Waals surface area contributed by atoms with Crippen molar-refractivity contribution in [3.05, 3.63) is 48.3 Å². The lowest BCUT2D eigenvalue weighted by molar-refractivity contribution is 1.21. The van der Waals surface area contributed by atoms with Crippen LogP contribution in [0.1, 0.15) is 11.1 Å². The molecule has 0 saturated carbocycles. The summed E-state index contributed by atoms with van der Waals surface area (Å²) in [5.74, 6) is 0. The molecule has 0 saturated heterocycles. The molecule has 0 aliphatic rings. The van der Waals surface area contributed by atoms with Gasteiger partial charge in [-0.15, -0.1) is 0 Å². The minimum absolute atomic E-state index is 0.632. The number of hydrogen-bond donors (Lipinski definition) is 1. The number of anilines is 1. The van der Waals surface area contributed by atoms with Crippen LogP contribution in [-0.2, 0) is 0 Å². The molecule has 0 radical (unpaired) electrons. The van der Waals surface area contributed by atoms with E-state index >= 15 is 0 Å². The largest absolute Gasteiger partial charge is 0.397 e. The van der Waals surface area contributed by atoms with Crippen LogP contribution in [0.5, 0.6) is 0 Å². The molecule has 2 rings (SSSR count). The summed E-state index contributed by atoms with van der Waals surface area (Å²) in [4.78, 5) is 8.66. The number of rotatable bonds is 2. The third-order valence-corrected chi connectivity index (χ3v) is 2.39. The Bertz CT molecular complexity index is 532. The number of hydrogen-bond acceptors (Lipinski definition) is 3. The highest BCUT2D eigenvalue weighted by atomic mass is 14.8. The van der Waals surface area contributed by atoms with E-state index in [9.17, 15) is 0 Å². The van der Waals surface area contributed by atoms with E-state index in [0.717, 1.165) is 22.5 Å².